The molecule has 0 aliphatic carbocycles. The van der Waals surface area contributed by atoms with Crippen LogP contribution in [0.25, 0.3) is 0 Å². The molecule has 1 saturated heterocycles. The van der Waals surface area contributed by atoms with Crippen LogP contribution in [0.2, 0.25) is 0 Å². The van der Waals surface area contributed by atoms with Crippen molar-refractivity contribution in [3.8, 4) is 0 Å². The summed E-state index contributed by atoms with van der Waals surface area (Å²) < 4.78 is 5.69. The fourth-order valence-corrected chi connectivity index (χ4v) is 4.82. The van der Waals surface area contributed by atoms with E-state index in [-0.39, 0.29) is 11.9 Å². The molecule has 5 heteroatoms. The van der Waals surface area contributed by atoms with Crippen molar-refractivity contribution >= 4 is 11.9 Å². The van der Waals surface area contributed by atoms with Crippen LogP contribution < -0.4 is 0 Å². The number of esters is 1. The molecular weight excluding hydrogens is 448 g/mol. The van der Waals surface area contributed by atoms with E-state index in [0.717, 1.165) is 23.1 Å². The van der Waals surface area contributed by atoms with Crippen LogP contribution in [0, 0.1) is 0 Å². The molecule has 0 spiro atoms. The maximum Gasteiger partial charge on any atom is 0.329 e. The molecule has 1 heterocycles. The number of hydrogen-bond acceptors (Lipinski definition) is 4. The van der Waals surface area contributed by atoms with Gasteiger partial charge in [-0.2, -0.15) is 0 Å². The molecule has 0 aromatic heterocycles. The minimum absolute atomic E-state index is 0.0542. The second-order valence-corrected chi connectivity index (χ2v) is 10.4. The fraction of sp³-hybridized carbons (Fsp3) is 0.355. The van der Waals surface area contributed by atoms with E-state index < -0.39 is 17.7 Å². The van der Waals surface area contributed by atoms with Crippen LogP contribution in [0.4, 0.5) is 0 Å². The van der Waals surface area contributed by atoms with Gasteiger partial charge in [0.15, 0.2) is 0 Å². The van der Waals surface area contributed by atoms with Gasteiger partial charge in [-0.15, -0.1) is 0 Å². The van der Waals surface area contributed by atoms with E-state index in [4.69, 9.17) is 4.74 Å². The molecule has 1 fully saturated rings. The third kappa shape index (κ3) is 6.61. The average Bonchev–Trinajstić information content (AvgIpc) is 3.35. The summed E-state index contributed by atoms with van der Waals surface area (Å²) in [6.45, 7) is 7.34. The second-order valence-electron chi connectivity index (χ2n) is 10.4. The molecule has 0 saturated carbocycles. The monoisotopic (exact) mass is 484 g/mol. The Labute approximate surface area is 214 Å². The highest BCUT2D eigenvalue weighted by Crippen LogP contribution is 2.31. The smallest absolute Gasteiger partial charge is 0.329 e. The van der Waals surface area contributed by atoms with Crippen molar-refractivity contribution in [3.63, 3.8) is 0 Å². The number of hydrogen-bond donors (Lipinski definition) is 0. The maximum absolute atomic E-state index is 14.3. The van der Waals surface area contributed by atoms with Crippen molar-refractivity contribution in [2.75, 3.05) is 6.54 Å². The SMILES string of the molecule is CC(C)(C)OC(=O)[C@@H]1CCCN1C(=O)[C@@H](c1ccccc1)N(Cc1ccccc1)Cc1ccccc1. The zero-order chi connectivity index (χ0) is 25.5. The number of nitrogens with zero attached hydrogens (tertiary/aromatic N) is 2. The molecule has 3 aromatic rings. The number of carbonyl (C=O) groups excluding carboxylic acids is 2. The molecule has 0 bridgehead atoms. The van der Waals surface area contributed by atoms with Crippen LogP contribution in [0.3, 0.4) is 0 Å². The molecule has 4 rings (SSSR count). The zero-order valence-corrected chi connectivity index (χ0v) is 21.5. The van der Waals surface area contributed by atoms with Gasteiger partial charge in [0.2, 0.25) is 5.91 Å². The van der Waals surface area contributed by atoms with Crippen molar-refractivity contribution in [1.29, 1.82) is 0 Å². The standard InChI is InChI=1S/C31H36N2O3/c1-31(2,3)36-30(35)27-20-13-21-33(27)29(34)28(26-18-11-6-12-19-26)32(22-24-14-7-4-8-15-24)23-25-16-9-5-10-17-25/h4-12,14-19,27-28H,13,20-23H2,1-3H3/t27-,28+/m0/s1. The lowest BCUT2D eigenvalue weighted by Crippen LogP contribution is -2.48. The Morgan fingerprint density at radius 1 is 0.861 bits per heavy atom. The third-order valence-electron chi connectivity index (χ3n) is 6.39. The van der Waals surface area contributed by atoms with E-state index in [1.54, 1.807) is 4.90 Å². The summed E-state index contributed by atoms with van der Waals surface area (Å²) in [6.07, 6.45) is 1.41. The number of ether oxygens (including phenoxy) is 1. The van der Waals surface area contributed by atoms with E-state index in [0.29, 0.717) is 26.1 Å². The molecule has 2 atom stereocenters. The lowest BCUT2D eigenvalue weighted by atomic mass is 10.0. The van der Waals surface area contributed by atoms with Crippen LogP contribution in [0.1, 0.15) is 56.3 Å². The Hall–Kier alpha value is -3.44. The van der Waals surface area contributed by atoms with E-state index in [1.807, 2.05) is 87.5 Å². The number of likely N-dealkylation sites (tertiary alicyclic amines) is 1. The summed E-state index contributed by atoms with van der Waals surface area (Å²) in [5.74, 6) is -0.376. The highest BCUT2D eigenvalue weighted by atomic mass is 16.6. The van der Waals surface area contributed by atoms with Crippen molar-refractivity contribution in [2.24, 2.45) is 0 Å². The van der Waals surface area contributed by atoms with Crippen molar-refractivity contribution in [3.05, 3.63) is 108 Å². The van der Waals surface area contributed by atoms with Gasteiger partial charge in [-0.05, 0) is 50.3 Å². The first-order chi connectivity index (χ1) is 17.3. The summed E-state index contributed by atoms with van der Waals surface area (Å²) in [6, 6.07) is 29.3. The summed E-state index contributed by atoms with van der Waals surface area (Å²) in [4.78, 5) is 31.3. The van der Waals surface area contributed by atoms with Crippen molar-refractivity contribution < 1.29 is 14.3 Å². The minimum atomic E-state index is -0.597. The Morgan fingerprint density at radius 2 is 1.36 bits per heavy atom. The quantitative estimate of drug-likeness (QED) is 0.381. The number of rotatable bonds is 8. The first-order valence-corrected chi connectivity index (χ1v) is 12.7. The van der Waals surface area contributed by atoms with Gasteiger partial charge in [0, 0.05) is 19.6 Å². The van der Waals surface area contributed by atoms with Gasteiger partial charge in [0.25, 0.3) is 0 Å². The predicted octanol–water partition coefficient (Wildman–Crippen LogP) is 5.76. The first-order valence-electron chi connectivity index (χ1n) is 12.7. The summed E-state index contributed by atoms with van der Waals surface area (Å²) in [5, 5.41) is 0. The van der Waals surface area contributed by atoms with E-state index >= 15 is 0 Å². The van der Waals surface area contributed by atoms with Gasteiger partial charge in [0.1, 0.15) is 17.7 Å². The molecule has 36 heavy (non-hydrogen) atoms. The van der Waals surface area contributed by atoms with Crippen molar-refractivity contribution in [2.45, 2.75) is 64.4 Å². The molecule has 188 valence electrons. The second kappa shape index (κ2) is 11.5. The number of carbonyl (C=O) groups is 2. The average molecular weight is 485 g/mol. The topological polar surface area (TPSA) is 49.9 Å². The van der Waals surface area contributed by atoms with Gasteiger partial charge in [-0.1, -0.05) is 91.0 Å². The fourth-order valence-electron chi connectivity index (χ4n) is 4.82. The molecular formula is C31H36N2O3. The molecule has 0 radical (unpaired) electrons. The van der Waals surface area contributed by atoms with Crippen molar-refractivity contribution in [1.82, 2.24) is 9.80 Å². The minimum Gasteiger partial charge on any atom is -0.458 e. The van der Waals surface area contributed by atoms with E-state index in [1.165, 1.54) is 0 Å². The van der Waals surface area contributed by atoms with Crippen LogP contribution in [-0.2, 0) is 27.4 Å². The Balaban J connectivity index is 1.70. The Kier molecular flexibility index (Phi) is 8.21. The summed E-state index contributed by atoms with van der Waals surface area (Å²) in [7, 11) is 0. The molecule has 1 amide bonds. The summed E-state index contributed by atoms with van der Waals surface area (Å²) in [5.41, 5.74) is 2.59. The third-order valence-corrected chi connectivity index (χ3v) is 6.39. The van der Waals surface area contributed by atoms with Gasteiger partial charge >= 0.3 is 5.97 Å². The zero-order valence-electron chi connectivity index (χ0n) is 21.5. The van der Waals surface area contributed by atoms with Gasteiger partial charge in [-0.25, -0.2) is 4.79 Å². The van der Waals surface area contributed by atoms with E-state index in [2.05, 4.69) is 29.2 Å². The Morgan fingerprint density at radius 3 is 1.86 bits per heavy atom. The lowest BCUT2D eigenvalue weighted by Gasteiger charge is -2.36. The van der Waals surface area contributed by atoms with Gasteiger partial charge < -0.3 is 9.64 Å². The van der Waals surface area contributed by atoms with Crippen LogP contribution >= 0.6 is 0 Å². The Bertz CT molecular complexity index is 1090. The largest absolute Gasteiger partial charge is 0.458 e. The lowest BCUT2D eigenvalue weighted by molar-refractivity contribution is -0.164. The molecule has 3 aromatic carbocycles. The van der Waals surface area contributed by atoms with Gasteiger partial charge in [-0.3, -0.25) is 9.69 Å². The van der Waals surface area contributed by atoms with E-state index in [9.17, 15) is 9.59 Å². The molecule has 1 aliphatic heterocycles. The highest BCUT2D eigenvalue weighted by molar-refractivity contribution is 5.89. The predicted molar refractivity (Wildman–Crippen MR) is 142 cm³/mol. The normalized spacial score (nSPS) is 16.7. The summed E-state index contributed by atoms with van der Waals surface area (Å²) >= 11 is 0. The number of amides is 1. The van der Waals surface area contributed by atoms with Crippen LogP contribution in [0.15, 0.2) is 91.0 Å². The number of benzene rings is 3. The molecule has 0 N–H and O–H groups in total. The van der Waals surface area contributed by atoms with Gasteiger partial charge in [0.05, 0.1) is 0 Å². The molecule has 0 unspecified atom stereocenters. The maximum atomic E-state index is 14.3. The molecule has 1 aliphatic rings. The first kappa shape index (κ1) is 25.6. The molecule has 5 nitrogen and oxygen atoms in total. The van der Waals surface area contributed by atoms with Crippen LogP contribution in [0.5, 0.6) is 0 Å². The highest BCUT2D eigenvalue weighted by Gasteiger charge is 2.41. The van der Waals surface area contributed by atoms with Crippen LogP contribution in [-0.4, -0.2) is 39.9 Å².